The second-order valence-electron chi connectivity index (χ2n) is 5.28. The minimum Gasteiger partial charge on any atom is -0.409 e. The molecule has 0 saturated carbocycles. The van der Waals surface area contributed by atoms with Crippen LogP contribution < -0.4 is 16.4 Å². The van der Waals surface area contributed by atoms with E-state index in [0.717, 1.165) is 25.8 Å². The SMILES string of the molecule is CCNC(=O)CCNCCCCC(C)(C)C(N)=NO. The van der Waals surface area contributed by atoms with Crippen molar-refractivity contribution in [2.75, 3.05) is 19.6 Å². The van der Waals surface area contributed by atoms with Crippen molar-refractivity contribution in [2.45, 2.75) is 46.5 Å². The fourth-order valence-corrected chi connectivity index (χ4v) is 1.69. The number of carbonyl (C=O) groups excluding carboxylic acids is 1. The Kier molecular flexibility index (Phi) is 8.95. The Morgan fingerprint density at radius 2 is 2.00 bits per heavy atom. The topological polar surface area (TPSA) is 99.7 Å². The highest BCUT2D eigenvalue weighted by Crippen LogP contribution is 2.22. The summed E-state index contributed by atoms with van der Waals surface area (Å²) in [6.45, 7) is 8.10. The summed E-state index contributed by atoms with van der Waals surface area (Å²) in [7, 11) is 0. The van der Waals surface area contributed by atoms with Crippen LogP contribution >= 0.6 is 0 Å². The Hall–Kier alpha value is -1.30. The summed E-state index contributed by atoms with van der Waals surface area (Å²) in [6.07, 6.45) is 3.40. The van der Waals surface area contributed by atoms with Crippen LogP contribution in [0.5, 0.6) is 0 Å². The van der Waals surface area contributed by atoms with Crippen molar-refractivity contribution in [3.63, 3.8) is 0 Å². The van der Waals surface area contributed by atoms with Gasteiger partial charge in [0.1, 0.15) is 5.84 Å². The number of oxime groups is 1. The Balaban J connectivity index is 3.53. The first-order valence-corrected chi connectivity index (χ1v) is 6.89. The van der Waals surface area contributed by atoms with Gasteiger partial charge in [-0.05, 0) is 26.3 Å². The average Bonchev–Trinajstić information content (AvgIpc) is 2.36. The number of nitrogens with zero attached hydrogens (tertiary/aromatic N) is 1. The first-order valence-electron chi connectivity index (χ1n) is 6.89. The van der Waals surface area contributed by atoms with Crippen LogP contribution in [-0.2, 0) is 4.79 Å². The lowest BCUT2D eigenvalue weighted by molar-refractivity contribution is -0.120. The maximum absolute atomic E-state index is 11.2. The van der Waals surface area contributed by atoms with E-state index >= 15 is 0 Å². The maximum atomic E-state index is 11.2. The van der Waals surface area contributed by atoms with Gasteiger partial charge >= 0.3 is 0 Å². The van der Waals surface area contributed by atoms with E-state index in [1.165, 1.54) is 0 Å². The predicted molar refractivity (Wildman–Crippen MR) is 77.2 cm³/mol. The maximum Gasteiger partial charge on any atom is 0.221 e. The fourth-order valence-electron chi connectivity index (χ4n) is 1.69. The molecule has 6 heteroatoms. The van der Waals surface area contributed by atoms with E-state index in [0.29, 0.717) is 19.5 Å². The summed E-state index contributed by atoms with van der Waals surface area (Å²) < 4.78 is 0. The standard InChI is InChI=1S/C13H28N4O2/c1-4-16-11(18)7-10-15-9-6-5-8-13(2,3)12(14)17-19/h15,19H,4-10H2,1-3H3,(H2,14,17)(H,16,18). The molecular weight excluding hydrogens is 244 g/mol. The molecule has 0 spiro atoms. The molecule has 0 rings (SSSR count). The second kappa shape index (κ2) is 9.61. The molecule has 6 nitrogen and oxygen atoms in total. The monoisotopic (exact) mass is 272 g/mol. The van der Waals surface area contributed by atoms with Crippen LogP contribution in [0.4, 0.5) is 0 Å². The van der Waals surface area contributed by atoms with Crippen molar-refractivity contribution in [1.29, 1.82) is 0 Å². The van der Waals surface area contributed by atoms with Crippen LogP contribution in [0.2, 0.25) is 0 Å². The van der Waals surface area contributed by atoms with E-state index in [4.69, 9.17) is 10.9 Å². The van der Waals surface area contributed by atoms with Gasteiger partial charge in [0.15, 0.2) is 0 Å². The first-order chi connectivity index (χ1) is 8.94. The Bertz CT molecular complexity index is 290. The molecule has 0 atom stereocenters. The van der Waals surface area contributed by atoms with Crippen LogP contribution in [0.25, 0.3) is 0 Å². The smallest absolute Gasteiger partial charge is 0.221 e. The second-order valence-corrected chi connectivity index (χ2v) is 5.28. The van der Waals surface area contributed by atoms with Crippen molar-refractivity contribution < 1.29 is 10.0 Å². The molecule has 0 aliphatic rings. The fraction of sp³-hybridized carbons (Fsp3) is 0.846. The summed E-state index contributed by atoms with van der Waals surface area (Å²) in [5.41, 5.74) is 5.35. The molecule has 0 aliphatic heterocycles. The molecular formula is C13H28N4O2. The molecule has 0 bridgehead atoms. The molecule has 0 unspecified atom stereocenters. The largest absolute Gasteiger partial charge is 0.409 e. The lowest BCUT2D eigenvalue weighted by Crippen LogP contribution is -2.32. The van der Waals surface area contributed by atoms with Gasteiger partial charge in [-0.3, -0.25) is 4.79 Å². The third kappa shape index (κ3) is 8.42. The number of nitrogens with two attached hydrogens (primary N) is 1. The van der Waals surface area contributed by atoms with E-state index in [1.54, 1.807) is 0 Å². The summed E-state index contributed by atoms with van der Waals surface area (Å²) in [6, 6.07) is 0. The number of hydrogen-bond acceptors (Lipinski definition) is 4. The number of nitrogens with one attached hydrogen (secondary N) is 2. The third-order valence-corrected chi connectivity index (χ3v) is 3.11. The summed E-state index contributed by atoms with van der Waals surface area (Å²) in [4.78, 5) is 11.2. The van der Waals surface area contributed by atoms with E-state index in [1.807, 2.05) is 20.8 Å². The van der Waals surface area contributed by atoms with E-state index in [9.17, 15) is 4.79 Å². The van der Waals surface area contributed by atoms with E-state index in [2.05, 4.69) is 15.8 Å². The van der Waals surface area contributed by atoms with Gasteiger partial charge in [0.2, 0.25) is 5.91 Å². The Morgan fingerprint density at radius 1 is 1.32 bits per heavy atom. The van der Waals surface area contributed by atoms with Gasteiger partial charge < -0.3 is 21.6 Å². The van der Waals surface area contributed by atoms with Gasteiger partial charge in [0.05, 0.1) is 0 Å². The molecule has 0 heterocycles. The number of hydrogen-bond donors (Lipinski definition) is 4. The van der Waals surface area contributed by atoms with Crippen molar-refractivity contribution in [1.82, 2.24) is 10.6 Å². The van der Waals surface area contributed by atoms with Crippen LogP contribution in [-0.4, -0.2) is 36.6 Å². The normalized spacial score (nSPS) is 12.5. The number of unbranched alkanes of at least 4 members (excludes halogenated alkanes) is 1. The van der Waals surface area contributed by atoms with Crippen LogP contribution in [0.15, 0.2) is 5.16 Å². The third-order valence-electron chi connectivity index (χ3n) is 3.11. The Morgan fingerprint density at radius 3 is 2.58 bits per heavy atom. The van der Waals surface area contributed by atoms with Crippen LogP contribution in [0.3, 0.4) is 0 Å². The molecule has 112 valence electrons. The highest BCUT2D eigenvalue weighted by molar-refractivity contribution is 5.85. The van der Waals surface area contributed by atoms with Gasteiger partial charge in [-0.1, -0.05) is 25.4 Å². The lowest BCUT2D eigenvalue weighted by Gasteiger charge is -2.22. The predicted octanol–water partition coefficient (Wildman–Crippen LogP) is 1.05. The highest BCUT2D eigenvalue weighted by Gasteiger charge is 2.22. The van der Waals surface area contributed by atoms with Crippen LogP contribution in [0, 0.1) is 5.41 Å². The summed E-state index contributed by atoms with van der Waals surface area (Å²) in [5, 5.41) is 17.7. The number of rotatable bonds is 10. The van der Waals surface area contributed by atoms with Gasteiger partial charge in [0, 0.05) is 24.9 Å². The molecule has 0 aromatic rings. The summed E-state index contributed by atoms with van der Waals surface area (Å²) in [5.74, 6) is 0.361. The molecule has 1 amide bonds. The zero-order valence-electron chi connectivity index (χ0n) is 12.3. The highest BCUT2D eigenvalue weighted by atomic mass is 16.4. The minimum atomic E-state index is -0.268. The quantitative estimate of drug-likeness (QED) is 0.157. The molecule has 5 N–H and O–H groups in total. The van der Waals surface area contributed by atoms with Gasteiger partial charge in [-0.2, -0.15) is 0 Å². The summed E-state index contributed by atoms with van der Waals surface area (Å²) >= 11 is 0. The molecule has 0 aromatic carbocycles. The zero-order chi connectivity index (χ0) is 14.7. The molecule has 0 aliphatic carbocycles. The lowest BCUT2D eigenvalue weighted by atomic mass is 9.86. The molecule has 19 heavy (non-hydrogen) atoms. The van der Waals surface area contributed by atoms with Gasteiger partial charge in [0.25, 0.3) is 0 Å². The molecule has 0 saturated heterocycles. The number of carbonyl (C=O) groups is 1. The van der Waals surface area contributed by atoms with Crippen LogP contribution in [0.1, 0.15) is 46.5 Å². The number of amides is 1. The zero-order valence-corrected chi connectivity index (χ0v) is 12.3. The molecule has 0 radical (unpaired) electrons. The minimum absolute atomic E-state index is 0.0862. The Labute approximate surface area is 115 Å². The molecule has 0 fully saturated rings. The number of amidine groups is 1. The van der Waals surface area contributed by atoms with Crippen molar-refractivity contribution in [3.05, 3.63) is 0 Å². The average molecular weight is 272 g/mol. The van der Waals surface area contributed by atoms with Gasteiger partial charge in [-0.25, -0.2) is 0 Å². The van der Waals surface area contributed by atoms with Crippen molar-refractivity contribution >= 4 is 11.7 Å². The van der Waals surface area contributed by atoms with Crippen molar-refractivity contribution in [3.8, 4) is 0 Å². The molecule has 0 aromatic heterocycles. The van der Waals surface area contributed by atoms with Gasteiger partial charge in [-0.15, -0.1) is 0 Å². The first kappa shape index (κ1) is 17.7. The van der Waals surface area contributed by atoms with Crippen molar-refractivity contribution in [2.24, 2.45) is 16.3 Å². The van der Waals surface area contributed by atoms with E-state index in [-0.39, 0.29) is 17.2 Å². The van der Waals surface area contributed by atoms with E-state index < -0.39 is 0 Å².